The van der Waals surface area contributed by atoms with Crippen LogP contribution in [0.1, 0.15) is 74.2 Å². The molecule has 116 valence electrons. The molecule has 0 radical (unpaired) electrons. The summed E-state index contributed by atoms with van der Waals surface area (Å²) in [5.74, 6) is 1.39. The first-order chi connectivity index (χ1) is 10.2. The molecular formula is C16H23NO4. The molecule has 0 aromatic carbocycles. The highest BCUT2D eigenvalue weighted by molar-refractivity contribution is 5.87. The normalized spacial score (nSPS) is 28.9. The van der Waals surface area contributed by atoms with E-state index in [0.29, 0.717) is 12.5 Å². The number of hydrogen-bond donors (Lipinski definition) is 1. The second-order valence-electron chi connectivity index (χ2n) is 6.24. The minimum atomic E-state index is -1.08. The van der Waals surface area contributed by atoms with Crippen molar-refractivity contribution >= 4 is 5.97 Å². The molecular weight excluding hydrogens is 270 g/mol. The molecule has 3 unspecified atom stereocenters. The van der Waals surface area contributed by atoms with Gasteiger partial charge in [0.05, 0.1) is 6.61 Å². The molecule has 0 saturated heterocycles. The van der Waals surface area contributed by atoms with Crippen LogP contribution in [0.25, 0.3) is 0 Å². The first-order valence-electron chi connectivity index (χ1n) is 8.05. The molecule has 1 heterocycles. The Bertz CT molecular complexity index is 510. The van der Waals surface area contributed by atoms with E-state index in [0.717, 1.165) is 24.7 Å². The Balaban J connectivity index is 1.77. The van der Waals surface area contributed by atoms with Gasteiger partial charge in [0.25, 0.3) is 0 Å². The van der Waals surface area contributed by atoms with Crippen LogP contribution in [0.5, 0.6) is 5.95 Å². The summed E-state index contributed by atoms with van der Waals surface area (Å²) < 4.78 is 10.9. The van der Waals surface area contributed by atoms with Crippen molar-refractivity contribution in [1.29, 1.82) is 0 Å². The summed E-state index contributed by atoms with van der Waals surface area (Å²) in [4.78, 5) is 15.4. The van der Waals surface area contributed by atoms with Gasteiger partial charge in [0, 0.05) is 5.92 Å². The molecule has 1 N–H and O–H groups in total. The first-order valence-corrected chi connectivity index (χ1v) is 8.05. The minimum Gasteiger partial charge on any atom is -0.476 e. The summed E-state index contributed by atoms with van der Waals surface area (Å²) in [6.45, 7) is 2.19. The van der Waals surface area contributed by atoms with Gasteiger partial charge < -0.3 is 14.3 Å². The van der Waals surface area contributed by atoms with Crippen molar-refractivity contribution in [2.45, 2.75) is 57.8 Å². The van der Waals surface area contributed by atoms with Gasteiger partial charge in [-0.25, -0.2) is 9.78 Å². The lowest BCUT2D eigenvalue weighted by Gasteiger charge is -2.38. The molecule has 1 aromatic heterocycles. The van der Waals surface area contributed by atoms with E-state index in [1.54, 1.807) is 6.92 Å². The molecule has 2 aliphatic rings. The van der Waals surface area contributed by atoms with Crippen LogP contribution in [0.15, 0.2) is 4.42 Å². The summed E-state index contributed by atoms with van der Waals surface area (Å²) in [6, 6.07) is 0. The van der Waals surface area contributed by atoms with Crippen LogP contribution in [0.4, 0.5) is 0 Å². The van der Waals surface area contributed by atoms with E-state index in [4.69, 9.17) is 9.15 Å². The minimum absolute atomic E-state index is 0.0609. The predicted molar refractivity (Wildman–Crippen MR) is 76.7 cm³/mol. The Kier molecular flexibility index (Phi) is 4.17. The van der Waals surface area contributed by atoms with Crippen molar-refractivity contribution in [3.63, 3.8) is 0 Å². The van der Waals surface area contributed by atoms with Crippen LogP contribution in [-0.2, 0) is 0 Å². The van der Waals surface area contributed by atoms with Crippen molar-refractivity contribution < 1.29 is 19.1 Å². The van der Waals surface area contributed by atoms with E-state index in [-0.39, 0.29) is 17.6 Å². The Labute approximate surface area is 124 Å². The standard InChI is InChI=1S/C16H23NO4/c1-2-20-16-13(15(18)19)17-14(21-16)12-8-7-10-5-3-4-6-11(10)9-12/h10-12H,2-9H2,1H3,(H,18,19). The number of rotatable bonds is 4. The molecule has 0 spiro atoms. The number of carboxylic acid groups (broad SMARTS) is 1. The second-order valence-corrected chi connectivity index (χ2v) is 6.24. The van der Waals surface area contributed by atoms with Gasteiger partial charge in [0.15, 0.2) is 0 Å². The van der Waals surface area contributed by atoms with Gasteiger partial charge in [0.1, 0.15) is 0 Å². The van der Waals surface area contributed by atoms with E-state index in [1.165, 1.54) is 32.1 Å². The van der Waals surface area contributed by atoms with Gasteiger partial charge in [-0.1, -0.05) is 25.7 Å². The van der Waals surface area contributed by atoms with Gasteiger partial charge in [-0.15, -0.1) is 0 Å². The van der Waals surface area contributed by atoms with Gasteiger partial charge in [-0.2, -0.15) is 0 Å². The van der Waals surface area contributed by atoms with E-state index < -0.39 is 5.97 Å². The third-order valence-corrected chi connectivity index (χ3v) is 4.98. The number of carboxylic acids is 1. The lowest BCUT2D eigenvalue weighted by atomic mass is 9.67. The van der Waals surface area contributed by atoms with Crippen molar-refractivity contribution in [2.24, 2.45) is 11.8 Å². The molecule has 2 fully saturated rings. The molecule has 1 aromatic rings. The quantitative estimate of drug-likeness (QED) is 0.913. The fourth-order valence-corrected chi connectivity index (χ4v) is 3.96. The Morgan fingerprint density at radius 2 is 2.05 bits per heavy atom. The zero-order valence-electron chi connectivity index (χ0n) is 12.5. The van der Waals surface area contributed by atoms with Crippen LogP contribution in [0, 0.1) is 11.8 Å². The maximum atomic E-state index is 11.2. The third-order valence-electron chi connectivity index (χ3n) is 4.98. The van der Waals surface area contributed by atoms with E-state index in [2.05, 4.69) is 4.98 Å². The molecule has 5 nitrogen and oxygen atoms in total. The van der Waals surface area contributed by atoms with Crippen LogP contribution < -0.4 is 4.74 Å². The maximum Gasteiger partial charge on any atom is 0.362 e. The van der Waals surface area contributed by atoms with Crippen LogP contribution in [0.2, 0.25) is 0 Å². The van der Waals surface area contributed by atoms with Crippen molar-refractivity contribution in [3.05, 3.63) is 11.6 Å². The molecule has 2 saturated carbocycles. The predicted octanol–water partition coefficient (Wildman–Crippen LogP) is 3.85. The van der Waals surface area contributed by atoms with Gasteiger partial charge >= 0.3 is 11.9 Å². The first kappa shape index (κ1) is 14.4. The molecule has 3 rings (SSSR count). The SMILES string of the molecule is CCOc1oc(C2CCC3CCCCC3C2)nc1C(=O)O. The molecule has 21 heavy (non-hydrogen) atoms. The number of aromatic nitrogens is 1. The summed E-state index contributed by atoms with van der Waals surface area (Å²) >= 11 is 0. The highest BCUT2D eigenvalue weighted by Crippen LogP contribution is 2.46. The third kappa shape index (κ3) is 2.92. The Morgan fingerprint density at radius 1 is 1.29 bits per heavy atom. The van der Waals surface area contributed by atoms with E-state index in [1.807, 2.05) is 0 Å². The highest BCUT2D eigenvalue weighted by Gasteiger charge is 2.35. The molecule has 3 atom stereocenters. The van der Waals surface area contributed by atoms with Crippen LogP contribution in [-0.4, -0.2) is 22.7 Å². The Morgan fingerprint density at radius 3 is 2.76 bits per heavy atom. The number of oxazole rings is 1. The zero-order valence-corrected chi connectivity index (χ0v) is 12.5. The van der Waals surface area contributed by atoms with Crippen molar-refractivity contribution in [3.8, 4) is 5.95 Å². The molecule has 0 aliphatic heterocycles. The lowest BCUT2D eigenvalue weighted by molar-refractivity contribution is 0.0683. The lowest BCUT2D eigenvalue weighted by Crippen LogP contribution is -2.27. The molecule has 0 bridgehead atoms. The van der Waals surface area contributed by atoms with Crippen LogP contribution in [0.3, 0.4) is 0 Å². The molecule has 0 amide bonds. The molecule has 2 aliphatic carbocycles. The summed E-state index contributed by atoms with van der Waals surface area (Å²) in [5.41, 5.74) is -0.0855. The summed E-state index contributed by atoms with van der Waals surface area (Å²) in [5, 5.41) is 9.19. The average Bonchev–Trinajstić information content (AvgIpc) is 2.91. The van der Waals surface area contributed by atoms with Crippen LogP contribution >= 0.6 is 0 Å². The van der Waals surface area contributed by atoms with Gasteiger partial charge in [-0.3, -0.25) is 0 Å². The average molecular weight is 293 g/mol. The fraction of sp³-hybridized carbons (Fsp3) is 0.750. The number of fused-ring (bicyclic) bond motifs is 1. The fourth-order valence-electron chi connectivity index (χ4n) is 3.96. The highest BCUT2D eigenvalue weighted by atomic mass is 16.6. The number of hydrogen-bond acceptors (Lipinski definition) is 4. The van der Waals surface area contributed by atoms with Crippen molar-refractivity contribution in [1.82, 2.24) is 4.98 Å². The molecule has 5 heteroatoms. The number of ether oxygens (including phenoxy) is 1. The van der Waals surface area contributed by atoms with Crippen molar-refractivity contribution in [2.75, 3.05) is 6.61 Å². The smallest absolute Gasteiger partial charge is 0.362 e. The van der Waals surface area contributed by atoms with Gasteiger partial charge in [0.2, 0.25) is 11.6 Å². The number of carbonyl (C=O) groups is 1. The topological polar surface area (TPSA) is 72.6 Å². The van der Waals surface area contributed by atoms with Gasteiger partial charge in [-0.05, 0) is 38.0 Å². The summed E-state index contributed by atoms with van der Waals surface area (Å²) in [7, 11) is 0. The number of aromatic carboxylic acids is 1. The Hall–Kier alpha value is -1.52. The number of nitrogens with zero attached hydrogens (tertiary/aromatic N) is 1. The van der Waals surface area contributed by atoms with E-state index in [9.17, 15) is 9.90 Å². The summed E-state index contributed by atoms with van der Waals surface area (Å²) in [6.07, 6.45) is 8.68. The second kappa shape index (κ2) is 6.08. The maximum absolute atomic E-state index is 11.2. The van der Waals surface area contributed by atoms with E-state index >= 15 is 0 Å². The zero-order chi connectivity index (χ0) is 14.8. The monoisotopic (exact) mass is 293 g/mol. The largest absolute Gasteiger partial charge is 0.476 e.